The Morgan fingerprint density at radius 1 is 0.303 bits per heavy atom. The molecule has 192 valence electrons. The van der Waals surface area contributed by atoms with E-state index < -0.39 is 0 Å². The summed E-state index contributed by atoms with van der Waals surface area (Å²) in [6, 6.07) is 0. The van der Waals surface area contributed by atoms with Crippen molar-refractivity contribution in [3.63, 3.8) is 0 Å². The molecule has 33 heavy (non-hydrogen) atoms. The molecule has 0 aromatic heterocycles. The molecular weight excluding hydrogens is 400 g/mol. The van der Waals surface area contributed by atoms with E-state index in [0.29, 0.717) is 17.8 Å². The smallest absolute Gasteiger partial charge is 0.0951 e. The van der Waals surface area contributed by atoms with E-state index in [2.05, 4.69) is 0 Å². The van der Waals surface area contributed by atoms with Crippen LogP contribution in [0.2, 0.25) is 0 Å². The molecule has 3 aliphatic carbocycles. The van der Waals surface area contributed by atoms with Crippen LogP contribution in [0.1, 0.15) is 173 Å². The zero-order chi connectivity index (χ0) is 23.0. The van der Waals surface area contributed by atoms with Gasteiger partial charge in [0.1, 0.15) is 0 Å². The average Bonchev–Trinajstić information content (AvgIpc) is 2.85. The number of aliphatic hydroxyl groups excluding tert-OH is 1. The zero-order valence-electron chi connectivity index (χ0n) is 22.3. The number of aliphatic hydroxyl groups is 1. The van der Waals surface area contributed by atoms with Crippen LogP contribution in [0, 0.1) is 17.8 Å². The van der Waals surface area contributed by atoms with Gasteiger partial charge in [-0.1, -0.05) is 135 Å². The molecule has 3 rings (SSSR count). The first-order valence-electron chi connectivity index (χ1n) is 15.8. The van der Waals surface area contributed by atoms with E-state index in [1.54, 1.807) is 5.57 Å². The first-order chi connectivity index (χ1) is 16.4. The van der Waals surface area contributed by atoms with E-state index in [-0.39, 0.29) is 0 Å². The highest BCUT2D eigenvalue weighted by Crippen LogP contribution is 2.41. The van der Waals surface area contributed by atoms with Crippen molar-refractivity contribution in [2.75, 3.05) is 0 Å². The van der Waals surface area contributed by atoms with Crippen molar-refractivity contribution in [3.05, 3.63) is 11.3 Å². The average molecular weight is 459 g/mol. The van der Waals surface area contributed by atoms with Crippen molar-refractivity contribution in [1.82, 2.24) is 0 Å². The Hall–Kier alpha value is -0.460. The topological polar surface area (TPSA) is 20.2 Å². The van der Waals surface area contributed by atoms with E-state index in [9.17, 15) is 5.11 Å². The number of hydrogen-bond acceptors (Lipinski definition) is 1. The molecular formula is C32H58O. The maximum absolute atomic E-state index is 12.1. The van der Waals surface area contributed by atoms with E-state index in [0.717, 1.165) is 5.76 Å². The Morgan fingerprint density at radius 3 is 0.788 bits per heavy atom. The minimum Gasteiger partial charge on any atom is -0.512 e. The van der Waals surface area contributed by atoms with Crippen LogP contribution in [0.15, 0.2) is 11.3 Å². The highest BCUT2D eigenvalue weighted by Gasteiger charge is 2.29. The molecule has 3 saturated carbocycles. The Morgan fingerprint density at radius 2 is 0.515 bits per heavy atom. The van der Waals surface area contributed by atoms with Crippen molar-refractivity contribution in [3.8, 4) is 0 Å². The van der Waals surface area contributed by atoms with Gasteiger partial charge in [0.15, 0.2) is 0 Å². The molecule has 0 atom stereocenters. The lowest BCUT2D eigenvalue weighted by Gasteiger charge is -2.33. The lowest BCUT2D eigenvalue weighted by Crippen LogP contribution is -2.21. The fourth-order valence-corrected chi connectivity index (χ4v) is 7.31. The molecule has 0 saturated heterocycles. The van der Waals surface area contributed by atoms with E-state index in [1.807, 2.05) is 0 Å². The number of allylic oxidation sites excluding steroid dienone is 2. The van der Waals surface area contributed by atoms with Crippen LogP contribution in [0.5, 0.6) is 0 Å². The van der Waals surface area contributed by atoms with Crippen LogP contribution in [0.3, 0.4) is 0 Å². The van der Waals surface area contributed by atoms with Crippen LogP contribution in [-0.4, -0.2) is 5.11 Å². The predicted molar refractivity (Wildman–Crippen MR) is 145 cm³/mol. The second-order valence-electron chi connectivity index (χ2n) is 12.1. The van der Waals surface area contributed by atoms with Gasteiger partial charge in [-0.3, -0.25) is 0 Å². The summed E-state index contributed by atoms with van der Waals surface area (Å²) in [6.07, 6.45) is 37.4. The van der Waals surface area contributed by atoms with Gasteiger partial charge in [-0.25, -0.2) is 0 Å². The van der Waals surface area contributed by atoms with Gasteiger partial charge in [0.25, 0.3) is 0 Å². The quantitative estimate of drug-likeness (QED) is 0.417. The summed E-state index contributed by atoms with van der Waals surface area (Å²) in [5, 5.41) is 12.1. The SMILES string of the molecule is OC(=C(C1CCCCCCCCC1)C1CCCCCCCCC1)C1CCCCCCCCC1. The minimum absolute atomic E-state index is 0.462. The van der Waals surface area contributed by atoms with E-state index >= 15 is 0 Å². The standard InChI is InChI=1S/C32H58O/c33-32(30-26-20-14-8-3-9-15-21-27-30)31(28-22-16-10-4-1-5-11-17-23-28)29-24-18-12-6-2-7-13-19-25-29/h28-30,33H,1-27H2. The Labute approximate surface area is 207 Å². The number of rotatable bonds is 3. The molecule has 0 spiro atoms. The van der Waals surface area contributed by atoms with Gasteiger partial charge >= 0.3 is 0 Å². The van der Waals surface area contributed by atoms with Gasteiger partial charge in [-0.15, -0.1) is 0 Å². The predicted octanol–water partition coefficient (Wildman–Crippen LogP) is 11.2. The van der Waals surface area contributed by atoms with Crippen LogP contribution < -0.4 is 0 Å². The van der Waals surface area contributed by atoms with E-state index in [4.69, 9.17) is 0 Å². The van der Waals surface area contributed by atoms with Gasteiger partial charge in [0.2, 0.25) is 0 Å². The molecule has 0 heterocycles. The second kappa shape index (κ2) is 17.0. The van der Waals surface area contributed by atoms with Crippen molar-refractivity contribution in [2.24, 2.45) is 17.8 Å². The summed E-state index contributed by atoms with van der Waals surface area (Å²) in [5.41, 5.74) is 1.61. The van der Waals surface area contributed by atoms with Crippen molar-refractivity contribution >= 4 is 0 Å². The lowest BCUT2D eigenvalue weighted by molar-refractivity contribution is 0.256. The summed E-state index contributed by atoms with van der Waals surface area (Å²) < 4.78 is 0. The lowest BCUT2D eigenvalue weighted by atomic mass is 9.74. The molecule has 0 amide bonds. The molecule has 0 bridgehead atoms. The molecule has 0 unspecified atom stereocenters. The Kier molecular flexibility index (Phi) is 14.0. The Balaban J connectivity index is 1.84. The monoisotopic (exact) mass is 458 g/mol. The van der Waals surface area contributed by atoms with Gasteiger partial charge in [0.05, 0.1) is 5.76 Å². The molecule has 1 nitrogen and oxygen atoms in total. The summed E-state index contributed by atoms with van der Waals surface area (Å²) in [5.74, 6) is 2.74. The fourth-order valence-electron chi connectivity index (χ4n) is 7.31. The second-order valence-corrected chi connectivity index (χ2v) is 12.1. The number of hydrogen-bond donors (Lipinski definition) is 1. The molecule has 0 aromatic carbocycles. The maximum atomic E-state index is 12.1. The molecule has 0 radical (unpaired) electrons. The first-order valence-corrected chi connectivity index (χ1v) is 15.8. The molecule has 0 aliphatic heterocycles. The fraction of sp³-hybridized carbons (Fsp3) is 0.938. The van der Waals surface area contributed by atoms with Gasteiger partial charge in [0, 0.05) is 5.92 Å². The van der Waals surface area contributed by atoms with Gasteiger partial charge in [-0.05, 0) is 55.9 Å². The third-order valence-corrected chi connectivity index (χ3v) is 9.38. The van der Waals surface area contributed by atoms with Crippen molar-refractivity contribution in [1.29, 1.82) is 0 Å². The molecule has 1 heteroatoms. The van der Waals surface area contributed by atoms with Gasteiger partial charge in [-0.2, -0.15) is 0 Å². The third-order valence-electron chi connectivity index (χ3n) is 9.38. The normalized spacial score (nSPS) is 25.7. The van der Waals surface area contributed by atoms with E-state index in [1.165, 1.54) is 173 Å². The van der Waals surface area contributed by atoms with Crippen molar-refractivity contribution < 1.29 is 5.11 Å². The molecule has 0 aromatic rings. The van der Waals surface area contributed by atoms with Gasteiger partial charge < -0.3 is 5.11 Å². The van der Waals surface area contributed by atoms with Crippen LogP contribution >= 0.6 is 0 Å². The van der Waals surface area contributed by atoms with Crippen LogP contribution in [-0.2, 0) is 0 Å². The first kappa shape index (κ1) is 27.1. The largest absolute Gasteiger partial charge is 0.512 e. The highest BCUT2D eigenvalue weighted by atomic mass is 16.3. The molecule has 3 fully saturated rings. The van der Waals surface area contributed by atoms with Crippen molar-refractivity contribution in [2.45, 2.75) is 173 Å². The summed E-state index contributed by atoms with van der Waals surface area (Å²) in [4.78, 5) is 0. The summed E-state index contributed by atoms with van der Waals surface area (Å²) >= 11 is 0. The molecule has 3 aliphatic rings. The third kappa shape index (κ3) is 10.4. The Bertz CT molecular complexity index is 463. The van der Waals surface area contributed by atoms with Crippen LogP contribution in [0.25, 0.3) is 0 Å². The van der Waals surface area contributed by atoms with Crippen LogP contribution in [0.4, 0.5) is 0 Å². The maximum Gasteiger partial charge on any atom is 0.0951 e. The molecule has 1 N–H and O–H groups in total. The summed E-state index contributed by atoms with van der Waals surface area (Å²) in [6.45, 7) is 0. The minimum atomic E-state index is 0.462. The zero-order valence-corrected chi connectivity index (χ0v) is 22.3. The summed E-state index contributed by atoms with van der Waals surface area (Å²) in [7, 11) is 0. The highest BCUT2D eigenvalue weighted by molar-refractivity contribution is 5.18.